The van der Waals surface area contributed by atoms with E-state index in [1.165, 1.54) is 24.8 Å². The van der Waals surface area contributed by atoms with Crippen LogP contribution in [0.5, 0.6) is 0 Å². The van der Waals surface area contributed by atoms with Gasteiger partial charge in [0.25, 0.3) is 0 Å². The lowest BCUT2D eigenvalue weighted by molar-refractivity contribution is 0.139. The molecule has 96 valence electrons. The van der Waals surface area contributed by atoms with E-state index in [9.17, 15) is 0 Å². The highest BCUT2D eigenvalue weighted by atomic mass is 15.1. The lowest BCUT2D eigenvalue weighted by atomic mass is 9.70. The van der Waals surface area contributed by atoms with Gasteiger partial charge in [0.1, 0.15) is 0 Å². The van der Waals surface area contributed by atoms with Crippen LogP contribution in [-0.4, -0.2) is 9.55 Å². The molecule has 0 radical (unpaired) electrons. The van der Waals surface area contributed by atoms with Gasteiger partial charge in [0.05, 0.1) is 17.4 Å². The number of rotatable bonds is 1. The maximum Gasteiger partial charge on any atom is 0.0960 e. The van der Waals surface area contributed by atoms with Crippen LogP contribution < -0.4 is 0 Å². The largest absolute Gasteiger partial charge is 0.327 e. The van der Waals surface area contributed by atoms with Crippen LogP contribution in [0.3, 0.4) is 0 Å². The van der Waals surface area contributed by atoms with Crippen LogP contribution in [-0.2, 0) is 0 Å². The Labute approximate surface area is 109 Å². The van der Waals surface area contributed by atoms with E-state index in [4.69, 9.17) is 0 Å². The fourth-order valence-corrected chi connectivity index (χ4v) is 3.78. The Morgan fingerprint density at radius 1 is 1.22 bits per heavy atom. The van der Waals surface area contributed by atoms with Gasteiger partial charge >= 0.3 is 0 Å². The number of para-hydroxylation sites is 2. The second-order valence-corrected chi connectivity index (χ2v) is 6.71. The van der Waals surface area contributed by atoms with Gasteiger partial charge in [-0.05, 0) is 42.7 Å². The lowest BCUT2D eigenvalue weighted by Crippen LogP contribution is -2.29. The van der Waals surface area contributed by atoms with Crippen molar-refractivity contribution < 1.29 is 0 Å². The molecule has 0 amide bonds. The highest BCUT2D eigenvalue weighted by Gasteiger charge is 2.33. The summed E-state index contributed by atoms with van der Waals surface area (Å²) >= 11 is 0. The van der Waals surface area contributed by atoms with Crippen molar-refractivity contribution in [1.29, 1.82) is 0 Å². The molecule has 3 rings (SSSR count). The van der Waals surface area contributed by atoms with E-state index >= 15 is 0 Å². The molecule has 0 aliphatic heterocycles. The molecule has 1 aromatic carbocycles. The van der Waals surface area contributed by atoms with Crippen LogP contribution >= 0.6 is 0 Å². The number of nitrogens with zero attached hydrogens (tertiary/aromatic N) is 2. The van der Waals surface area contributed by atoms with Crippen LogP contribution in [0.4, 0.5) is 0 Å². The van der Waals surface area contributed by atoms with Crippen molar-refractivity contribution in [3.63, 3.8) is 0 Å². The highest BCUT2D eigenvalue weighted by Crippen LogP contribution is 2.44. The molecule has 2 heteroatoms. The Balaban J connectivity index is 1.99. The molecule has 18 heavy (non-hydrogen) atoms. The quantitative estimate of drug-likeness (QED) is 0.723. The normalized spacial score (nSPS) is 27.5. The molecule has 0 spiro atoms. The summed E-state index contributed by atoms with van der Waals surface area (Å²) in [6, 6.07) is 9.07. The van der Waals surface area contributed by atoms with Crippen molar-refractivity contribution in [2.45, 2.75) is 46.1 Å². The Morgan fingerprint density at radius 3 is 2.78 bits per heavy atom. The molecule has 1 aliphatic rings. The molecule has 2 atom stereocenters. The number of benzene rings is 1. The molecule has 0 N–H and O–H groups in total. The smallest absolute Gasteiger partial charge is 0.0960 e. The number of fused-ring (bicyclic) bond motifs is 1. The topological polar surface area (TPSA) is 17.8 Å². The Morgan fingerprint density at radius 2 is 2.00 bits per heavy atom. The van der Waals surface area contributed by atoms with E-state index in [1.807, 2.05) is 6.33 Å². The standard InChI is InChI=1S/C16H22N2/c1-12-8-13(10-16(2,3)9-12)18-11-17-14-6-4-5-7-15(14)18/h4-7,11-13H,8-10H2,1-3H3/t12-,13+/m0/s1. The molecule has 0 bridgehead atoms. The summed E-state index contributed by atoms with van der Waals surface area (Å²) in [7, 11) is 0. The average Bonchev–Trinajstić information content (AvgIpc) is 2.69. The van der Waals surface area contributed by atoms with Gasteiger partial charge in [-0.1, -0.05) is 32.9 Å². The van der Waals surface area contributed by atoms with Crippen LogP contribution in [0.25, 0.3) is 11.0 Å². The van der Waals surface area contributed by atoms with Crippen LogP contribution in [0.1, 0.15) is 46.1 Å². The molecule has 2 nitrogen and oxygen atoms in total. The first-order valence-electron chi connectivity index (χ1n) is 6.97. The van der Waals surface area contributed by atoms with Crippen LogP contribution in [0.2, 0.25) is 0 Å². The second-order valence-electron chi connectivity index (χ2n) is 6.71. The number of hydrogen-bond acceptors (Lipinski definition) is 1. The van der Waals surface area contributed by atoms with E-state index in [0.29, 0.717) is 11.5 Å². The molecule has 1 aromatic heterocycles. The molecular weight excluding hydrogens is 220 g/mol. The first-order chi connectivity index (χ1) is 8.55. The maximum absolute atomic E-state index is 4.53. The summed E-state index contributed by atoms with van der Waals surface area (Å²) in [5.41, 5.74) is 2.86. The van der Waals surface area contributed by atoms with Crippen molar-refractivity contribution in [3.8, 4) is 0 Å². The van der Waals surface area contributed by atoms with E-state index in [1.54, 1.807) is 0 Å². The Kier molecular flexibility index (Phi) is 2.69. The summed E-state index contributed by atoms with van der Waals surface area (Å²) in [5, 5.41) is 0. The zero-order chi connectivity index (χ0) is 12.8. The zero-order valence-corrected chi connectivity index (χ0v) is 11.6. The average molecular weight is 242 g/mol. The Hall–Kier alpha value is -1.31. The summed E-state index contributed by atoms with van der Waals surface area (Å²) in [5.74, 6) is 0.805. The van der Waals surface area contributed by atoms with Crippen LogP contribution in [0.15, 0.2) is 30.6 Å². The fraction of sp³-hybridized carbons (Fsp3) is 0.562. The summed E-state index contributed by atoms with van der Waals surface area (Å²) in [4.78, 5) is 4.53. The third-order valence-corrected chi connectivity index (χ3v) is 4.24. The molecule has 1 fully saturated rings. The fourth-order valence-electron chi connectivity index (χ4n) is 3.78. The monoisotopic (exact) mass is 242 g/mol. The minimum atomic E-state index is 0.452. The zero-order valence-electron chi connectivity index (χ0n) is 11.6. The van der Waals surface area contributed by atoms with Gasteiger partial charge in [-0.15, -0.1) is 0 Å². The second kappa shape index (κ2) is 4.11. The van der Waals surface area contributed by atoms with Gasteiger partial charge < -0.3 is 4.57 Å². The van der Waals surface area contributed by atoms with Crippen LogP contribution in [0, 0.1) is 11.3 Å². The molecule has 1 heterocycles. The SMILES string of the molecule is C[C@H]1C[C@@H](n2cnc3ccccc32)CC(C)(C)C1. The molecule has 1 aliphatic carbocycles. The predicted octanol–water partition coefficient (Wildman–Crippen LogP) is 4.42. The summed E-state index contributed by atoms with van der Waals surface area (Å²) < 4.78 is 2.40. The maximum atomic E-state index is 4.53. The first kappa shape index (κ1) is 11.8. The van der Waals surface area contributed by atoms with E-state index in [0.717, 1.165) is 11.4 Å². The van der Waals surface area contributed by atoms with Gasteiger partial charge in [-0.25, -0.2) is 4.98 Å². The lowest BCUT2D eigenvalue weighted by Gasteiger charge is -2.39. The van der Waals surface area contributed by atoms with E-state index < -0.39 is 0 Å². The van der Waals surface area contributed by atoms with Crippen molar-refractivity contribution in [3.05, 3.63) is 30.6 Å². The van der Waals surface area contributed by atoms with Crippen molar-refractivity contribution in [2.24, 2.45) is 11.3 Å². The van der Waals surface area contributed by atoms with Gasteiger partial charge in [-0.3, -0.25) is 0 Å². The third-order valence-electron chi connectivity index (χ3n) is 4.24. The van der Waals surface area contributed by atoms with Gasteiger partial charge in [0.2, 0.25) is 0 Å². The summed E-state index contributed by atoms with van der Waals surface area (Å²) in [6.07, 6.45) is 5.92. The van der Waals surface area contributed by atoms with Gasteiger partial charge in [0, 0.05) is 6.04 Å². The third kappa shape index (κ3) is 2.05. The van der Waals surface area contributed by atoms with E-state index in [2.05, 4.69) is 54.6 Å². The predicted molar refractivity (Wildman–Crippen MR) is 75.6 cm³/mol. The molecule has 2 aromatic rings. The molecular formula is C16H22N2. The first-order valence-corrected chi connectivity index (χ1v) is 6.97. The number of aromatic nitrogens is 2. The Bertz CT molecular complexity index is 553. The molecule has 0 saturated heterocycles. The minimum absolute atomic E-state index is 0.452. The van der Waals surface area contributed by atoms with Crippen molar-refractivity contribution in [2.75, 3.05) is 0 Å². The van der Waals surface area contributed by atoms with Crippen molar-refractivity contribution in [1.82, 2.24) is 9.55 Å². The summed E-state index contributed by atoms with van der Waals surface area (Å²) in [6.45, 7) is 7.18. The highest BCUT2D eigenvalue weighted by molar-refractivity contribution is 5.75. The number of hydrogen-bond donors (Lipinski definition) is 0. The minimum Gasteiger partial charge on any atom is -0.327 e. The van der Waals surface area contributed by atoms with Gasteiger partial charge in [0.15, 0.2) is 0 Å². The van der Waals surface area contributed by atoms with Gasteiger partial charge in [-0.2, -0.15) is 0 Å². The molecule has 1 saturated carbocycles. The number of imidazole rings is 1. The molecule has 0 unspecified atom stereocenters. The van der Waals surface area contributed by atoms with Crippen molar-refractivity contribution >= 4 is 11.0 Å². The van der Waals surface area contributed by atoms with E-state index in [-0.39, 0.29) is 0 Å².